The van der Waals surface area contributed by atoms with E-state index in [1.807, 2.05) is 23.9 Å². The lowest BCUT2D eigenvalue weighted by Crippen LogP contribution is -2.24. The molecule has 0 spiro atoms. The molecule has 2 N–H and O–H groups in total. The minimum Gasteiger partial charge on any atom is -0.330 e. The van der Waals surface area contributed by atoms with Crippen LogP contribution in [0.15, 0.2) is 23.1 Å². The van der Waals surface area contributed by atoms with E-state index in [0.717, 1.165) is 6.54 Å². The summed E-state index contributed by atoms with van der Waals surface area (Å²) in [6.45, 7) is 0.791. The molecule has 1 nitrogen and oxygen atoms in total. The Labute approximate surface area is 123 Å². The highest BCUT2D eigenvalue weighted by atomic mass is 35.5. The summed E-state index contributed by atoms with van der Waals surface area (Å²) in [5.74, 6) is 0.631. The summed E-state index contributed by atoms with van der Waals surface area (Å²) in [5.41, 5.74) is 5.91. The van der Waals surface area contributed by atoms with Crippen molar-refractivity contribution in [1.29, 1.82) is 0 Å². The van der Waals surface area contributed by atoms with E-state index in [4.69, 9.17) is 28.9 Å². The first-order valence-corrected chi connectivity index (χ1v) is 8.16. The molecule has 100 valence electrons. The molecule has 1 aromatic carbocycles. The molecule has 0 heterocycles. The van der Waals surface area contributed by atoms with Gasteiger partial charge in [0, 0.05) is 10.1 Å². The second kappa shape index (κ2) is 7.04. The Balaban J connectivity index is 2.07. The Morgan fingerprint density at radius 2 is 1.89 bits per heavy atom. The highest BCUT2D eigenvalue weighted by molar-refractivity contribution is 8.00. The van der Waals surface area contributed by atoms with Gasteiger partial charge in [-0.3, -0.25) is 0 Å². The Bertz CT molecular complexity index is 397. The van der Waals surface area contributed by atoms with Crippen molar-refractivity contribution < 1.29 is 0 Å². The minimum absolute atomic E-state index is 0.620. The van der Waals surface area contributed by atoms with Gasteiger partial charge in [0.2, 0.25) is 0 Å². The number of hydrogen-bond acceptors (Lipinski definition) is 2. The highest BCUT2D eigenvalue weighted by Crippen LogP contribution is 2.37. The molecule has 1 aliphatic rings. The summed E-state index contributed by atoms with van der Waals surface area (Å²) in [6, 6.07) is 5.89. The van der Waals surface area contributed by atoms with Gasteiger partial charge in [-0.2, -0.15) is 0 Å². The van der Waals surface area contributed by atoms with E-state index in [1.54, 1.807) is 0 Å². The van der Waals surface area contributed by atoms with Crippen molar-refractivity contribution in [1.82, 2.24) is 0 Å². The molecule has 2 rings (SSSR count). The first-order chi connectivity index (χ1) is 8.70. The Morgan fingerprint density at radius 1 is 1.11 bits per heavy atom. The number of nitrogens with two attached hydrogens (primary N) is 1. The Morgan fingerprint density at radius 3 is 2.61 bits per heavy atom. The van der Waals surface area contributed by atoms with Gasteiger partial charge < -0.3 is 5.73 Å². The van der Waals surface area contributed by atoms with Gasteiger partial charge in [0.15, 0.2) is 0 Å². The Hall–Kier alpha value is 0.110. The molecule has 1 fully saturated rings. The fraction of sp³-hybridized carbons (Fsp3) is 0.571. The van der Waals surface area contributed by atoms with E-state index in [0.29, 0.717) is 21.2 Å². The van der Waals surface area contributed by atoms with Crippen LogP contribution in [0.1, 0.15) is 32.1 Å². The number of halogens is 2. The van der Waals surface area contributed by atoms with Crippen LogP contribution in [0.25, 0.3) is 0 Å². The Kier molecular flexibility index (Phi) is 5.68. The third-order valence-electron chi connectivity index (χ3n) is 3.57. The average Bonchev–Trinajstić information content (AvgIpc) is 2.59. The van der Waals surface area contributed by atoms with Crippen LogP contribution in [-0.2, 0) is 0 Å². The van der Waals surface area contributed by atoms with Gasteiger partial charge in [-0.1, -0.05) is 42.5 Å². The van der Waals surface area contributed by atoms with E-state index in [1.165, 1.54) is 37.0 Å². The molecular formula is C14H19Cl2NS. The zero-order valence-electron chi connectivity index (χ0n) is 10.4. The molecule has 2 unspecified atom stereocenters. The minimum atomic E-state index is 0.620. The van der Waals surface area contributed by atoms with Gasteiger partial charge in [0.25, 0.3) is 0 Å². The van der Waals surface area contributed by atoms with Crippen molar-refractivity contribution >= 4 is 35.0 Å². The van der Waals surface area contributed by atoms with Crippen LogP contribution in [0.5, 0.6) is 0 Å². The quantitative estimate of drug-likeness (QED) is 0.796. The predicted molar refractivity (Wildman–Crippen MR) is 81.7 cm³/mol. The van der Waals surface area contributed by atoms with Crippen molar-refractivity contribution in [2.75, 3.05) is 6.54 Å². The smallest absolute Gasteiger partial charge is 0.0603 e. The topological polar surface area (TPSA) is 26.0 Å². The van der Waals surface area contributed by atoms with Crippen LogP contribution in [0, 0.1) is 5.92 Å². The number of benzene rings is 1. The molecule has 0 radical (unpaired) electrons. The normalized spacial score (nSPS) is 24.8. The number of rotatable bonds is 3. The molecule has 0 amide bonds. The standard InChI is InChI=1S/C14H19Cl2NS/c15-12-7-6-11(8-13(12)16)18-14-5-3-1-2-4-10(14)9-17/h6-8,10,14H,1-5,9,17H2. The van der Waals surface area contributed by atoms with Crippen LogP contribution in [0.2, 0.25) is 10.0 Å². The molecule has 1 aromatic rings. The van der Waals surface area contributed by atoms with Crippen molar-refractivity contribution in [2.45, 2.75) is 42.2 Å². The largest absolute Gasteiger partial charge is 0.330 e. The molecule has 1 aliphatic carbocycles. The third-order valence-corrected chi connectivity index (χ3v) is 5.76. The van der Waals surface area contributed by atoms with Crippen LogP contribution in [-0.4, -0.2) is 11.8 Å². The molecule has 18 heavy (non-hydrogen) atoms. The number of hydrogen-bond donors (Lipinski definition) is 1. The predicted octanol–water partition coefficient (Wildman–Crippen LogP) is 4.99. The van der Waals surface area contributed by atoms with E-state index < -0.39 is 0 Å². The van der Waals surface area contributed by atoms with Crippen LogP contribution in [0.4, 0.5) is 0 Å². The van der Waals surface area contributed by atoms with Crippen molar-refractivity contribution in [3.05, 3.63) is 28.2 Å². The van der Waals surface area contributed by atoms with Crippen LogP contribution < -0.4 is 5.73 Å². The van der Waals surface area contributed by atoms with E-state index in [-0.39, 0.29) is 0 Å². The molecule has 4 heteroatoms. The summed E-state index contributed by atoms with van der Waals surface area (Å²) in [7, 11) is 0. The molecule has 0 aromatic heterocycles. The summed E-state index contributed by atoms with van der Waals surface area (Å²) in [5, 5.41) is 1.88. The van der Waals surface area contributed by atoms with E-state index >= 15 is 0 Å². The zero-order valence-corrected chi connectivity index (χ0v) is 12.7. The molecule has 0 bridgehead atoms. The lowest BCUT2D eigenvalue weighted by molar-refractivity contribution is 0.483. The van der Waals surface area contributed by atoms with Crippen molar-refractivity contribution in [3.63, 3.8) is 0 Å². The van der Waals surface area contributed by atoms with Gasteiger partial charge in [0.05, 0.1) is 10.0 Å². The zero-order chi connectivity index (χ0) is 13.0. The molecule has 0 saturated heterocycles. The lowest BCUT2D eigenvalue weighted by Gasteiger charge is -2.23. The second-order valence-electron chi connectivity index (χ2n) is 4.87. The summed E-state index contributed by atoms with van der Waals surface area (Å²) < 4.78 is 0. The molecular weight excluding hydrogens is 285 g/mol. The average molecular weight is 304 g/mol. The summed E-state index contributed by atoms with van der Waals surface area (Å²) >= 11 is 13.9. The summed E-state index contributed by atoms with van der Waals surface area (Å²) in [4.78, 5) is 1.20. The maximum absolute atomic E-state index is 6.06. The number of thioether (sulfide) groups is 1. The third kappa shape index (κ3) is 3.80. The van der Waals surface area contributed by atoms with Gasteiger partial charge in [-0.05, 0) is 43.5 Å². The first kappa shape index (κ1) is 14.5. The maximum Gasteiger partial charge on any atom is 0.0603 e. The van der Waals surface area contributed by atoms with Gasteiger partial charge >= 0.3 is 0 Å². The van der Waals surface area contributed by atoms with Crippen LogP contribution in [0.3, 0.4) is 0 Å². The highest BCUT2D eigenvalue weighted by Gasteiger charge is 2.23. The fourth-order valence-corrected chi connectivity index (χ4v) is 4.27. The summed E-state index contributed by atoms with van der Waals surface area (Å²) in [6.07, 6.45) is 6.49. The lowest BCUT2D eigenvalue weighted by atomic mass is 10.0. The maximum atomic E-state index is 6.06. The fourth-order valence-electron chi connectivity index (χ4n) is 2.50. The SMILES string of the molecule is NCC1CCCCCC1Sc1ccc(Cl)c(Cl)c1. The van der Waals surface area contributed by atoms with E-state index in [9.17, 15) is 0 Å². The molecule has 1 saturated carbocycles. The van der Waals surface area contributed by atoms with Crippen molar-refractivity contribution in [3.8, 4) is 0 Å². The second-order valence-corrected chi connectivity index (χ2v) is 6.99. The molecule has 0 aliphatic heterocycles. The van der Waals surface area contributed by atoms with Crippen molar-refractivity contribution in [2.24, 2.45) is 11.7 Å². The van der Waals surface area contributed by atoms with Crippen LogP contribution >= 0.6 is 35.0 Å². The molecule has 2 atom stereocenters. The first-order valence-electron chi connectivity index (χ1n) is 6.52. The monoisotopic (exact) mass is 303 g/mol. The van der Waals surface area contributed by atoms with Gasteiger partial charge in [0.1, 0.15) is 0 Å². The van der Waals surface area contributed by atoms with E-state index in [2.05, 4.69) is 6.07 Å². The van der Waals surface area contributed by atoms with Gasteiger partial charge in [-0.15, -0.1) is 11.8 Å². The van der Waals surface area contributed by atoms with Gasteiger partial charge in [-0.25, -0.2) is 0 Å².